The van der Waals surface area contributed by atoms with Crippen LogP contribution in [-0.4, -0.2) is 6.54 Å². The highest BCUT2D eigenvalue weighted by molar-refractivity contribution is 6.33. The molecular weight excluding hydrogens is 289 g/mol. The summed E-state index contributed by atoms with van der Waals surface area (Å²) in [5, 5.41) is 5.05. The van der Waals surface area contributed by atoms with Crippen molar-refractivity contribution < 1.29 is 0 Å². The molecule has 0 bridgehead atoms. The van der Waals surface area contributed by atoms with Gasteiger partial charge in [0, 0.05) is 16.1 Å². The van der Waals surface area contributed by atoms with E-state index in [1.807, 2.05) is 18.2 Å². The van der Waals surface area contributed by atoms with Crippen LogP contribution in [0, 0.1) is 5.92 Å². The SMILES string of the molecule is CC(C)CCCCCCNC(C)c1cc(Cl)ccc1Cl. The summed E-state index contributed by atoms with van der Waals surface area (Å²) in [6.45, 7) is 7.75. The van der Waals surface area contributed by atoms with Gasteiger partial charge in [-0.1, -0.05) is 62.7 Å². The van der Waals surface area contributed by atoms with Crippen LogP contribution in [0.5, 0.6) is 0 Å². The molecule has 1 aromatic rings. The third kappa shape index (κ3) is 6.97. The van der Waals surface area contributed by atoms with Crippen LogP contribution in [0.2, 0.25) is 10.0 Å². The number of nitrogens with one attached hydrogen (secondary N) is 1. The van der Waals surface area contributed by atoms with E-state index in [-0.39, 0.29) is 6.04 Å². The molecule has 0 saturated heterocycles. The lowest BCUT2D eigenvalue weighted by Gasteiger charge is -2.16. The van der Waals surface area contributed by atoms with Gasteiger partial charge in [0.2, 0.25) is 0 Å². The van der Waals surface area contributed by atoms with Gasteiger partial charge in [-0.2, -0.15) is 0 Å². The molecule has 0 amide bonds. The third-order valence-corrected chi connectivity index (χ3v) is 4.16. The van der Waals surface area contributed by atoms with E-state index in [0.29, 0.717) is 0 Å². The van der Waals surface area contributed by atoms with Crippen molar-refractivity contribution in [3.8, 4) is 0 Å². The van der Waals surface area contributed by atoms with Crippen molar-refractivity contribution in [1.82, 2.24) is 5.32 Å². The van der Waals surface area contributed by atoms with Crippen molar-refractivity contribution in [3.05, 3.63) is 33.8 Å². The maximum absolute atomic E-state index is 6.20. The summed E-state index contributed by atoms with van der Waals surface area (Å²) in [4.78, 5) is 0. The lowest BCUT2D eigenvalue weighted by molar-refractivity contribution is 0.498. The number of unbranched alkanes of at least 4 members (excludes halogenated alkanes) is 3. The summed E-state index contributed by atoms with van der Waals surface area (Å²) < 4.78 is 0. The lowest BCUT2D eigenvalue weighted by atomic mass is 10.0. The van der Waals surface area contributed by atoms with E-state index in [1.54, 1.807) is 0 Å². The van der Waals surface area contributed by atoms with Crippen LogP contribution < -0.4 is 5.32 Å². The third-order valence-electron chi connectivity index (χ3n) is 3.58. The molecule has 0 fully saturated rings. The predicted molar refractivity (Wildman–Crippen MR) is 90.8 cm³/mol. The zero-order valence-electron chi connectivity index (χ0n) is 12.9. The normalized spacial score (nSPS) is 12.9. The van der Waals surface area contributed by atoms with Gasteiger partial charge in [-0.25, -0.2) is 0 Å². The molecule has 0 aliphatic carbocycles. The largest absolute Gasteiger partial charge is 0.310 e. The molecule has 1 aromatic carbocycles. The fourth-order valence-electron chi connectivity index (χ4n) is 2.31. The van der Waals surface area contributed by atoms with Crippen LogP contribution in [0.1, 0.15) is 64.5 Å². The Morgan fingerprint density at radius 2 is 1.70 bits per heavy atom. The highest BCUT2D eigenvalue weighted by atomic mass is 35.5. The molecule has 1 unspecified atom stereocenters. The summed E-state index contributed by atoms with van der Waals surface area (Å²) in [5.74, 6) is 0.832. The summed E-state index contributed by atoms with van der Waals surface area (Å²) in [6, 6.07) is 5.89. The molecule has 0 radical (unpaired) electrons. The van der Waals surface area contributed by atoms with Gasteiger partial charge < -0.3 is 5.32 Å². The molecule has 3 heteroatoms. The zero-order valence-corrected chi connectivity index (χ0v) is 14.4. The lowest BCUT2D eigenvalue weighted by Crippen LogP contribution is -2.20. The minimum absolute atomic E-state index is 0.247. The van der Waals surface area contributed by atoms with Crippen molar-refractivity contribution >= 4 is 23.2 Å². The van der Waals surface area contributed by atoms with Gasteiger partial charge in [-0.3, -0.25) is 0 Å². The van der Waals surface area contributed by atoms with Crippen molar-refractivity contribution in [1.29, 1.82) is 0 Å². The second kappa shape index (κ2) is 9.65. The molecule has 0 saturated carbocycles. The summed E-state index contributed by atoms with van der Waals surface area (Å²) in [7, 11) is 0. The number of hydrogen-bond donors (Lipinski definition) is 1. The molecule has 0 aliphatic rings. The second-order valence-corrected chi connectivity index (χ2v) is 6.78. The first-order valence-corrected chi connectivity index (χ1v) is 8.44. The maximum atomic E-state index is 6.20. The molecule has 0 aliphatic heterocycles. The number of hydrogen-bond acceptors (Lipinski definition) is 1. The Hall–Kier alpha value is -0.240. The first-order valence-electron chi connectivity index (χ1n) is 7.69. The number of rotatable bonds is 9. The fraction of sp³-hybridized carbons (Fsp3) is 0.647. The first-order chi connectivity index (χ1) is 9.50. The van der Waals surface area contributed by atoms with Crippen LogP contribution >= 0.6 is 23.2 Å². The standard InChI is InChI=1S/C17H27Cl2N/c1-13(2)8-6-4-5-7-11-20-14(3)16-12-15(18)9-10-17(16)19/h9-10,12-14,20H,4-8,11H2,1-3H3. The molecular formula is C17H27Cl2N. The Morgan fingerprint density at radius 1 is 1.00 bits per heavy atom. The summed E-state index contributed by atoms with van der Waals surface area (Å²) in [6.07, 6.45) is 6.57. The molecule has 0 heterocycles. The van der Waals surface area contributed by atoms with E-state index in [2.05, 4.69) is 26.1 Å². The van der Waals surface area contributed by atoms with Crippen molar-refractivity contribution in [3.63, 3.8) is 0 Å². The molecule has 1 rings (SSSR count). The molecule has 20 heavy (non-hydrogen) atoms. The zero-order chi connectivity index (χ0) is 15.0. The first kappa shape index (κ1) is 17.8. The Labute approximate surface area is 134 Å². The van der Waals surface area contributed by atoms with Crippen molar-refractivity contribution in [2.24, 2.45) is 5.92 Å². The van der Waals surface area contributed by atoms with Crippen molar-refractivity contribution in [2.45, 2.75) is 58.9 Å². The monoisotopic (exact) mass is 315 g/mol. The maximum Gasteiger partial charge on any atom is 0.0454 e. The topological polar surface area (TPSA) is 12.0 Å². The van der Waals surface area contributed by atoms with Crippen LogP contribution in [0.15, 0.2) is 18.2 Å². The van der Waals surface area contributed by atoms with Gasteiger partial charge >= 0.3 is 0 Å². The number of halogens is 2. The van der Waals surface area contributed by atoms with E-state index in [0.717, 1.165) is 28.1 Å². The van der Waals surface area contributed by atoms with Crippen molar-refractivity contribution in [2.75, 3.05) is 6.54 Å². The fourth-order valence-corrected chi connectivity index (χ4v) is 2.77. The summed E-state index contributed by atoms with van der Waals surface area (Å²) >= 11 is 12.2. The molecule has 1 N–H and O–H groups in total. The van der Waals surface area contributed by atoms with Gasteiger partial charge in [0.05, 0.1) is 0 Å². The van der Waals surface area contributed by atoms with E-state index >= 15 is 0 Å². The van der Waals surface area contributed by atoms with Crippen LogP contribution in [-0.2, 0) is 0 Å². The Balaban J connectivity index is 2.20. The van der Waals surface area contributed by atoms with Crippen LogP contribution in [0.25, 0.3) is 0 Å². The van der Waals surface area contributed by atoms with E-state index < -0.39 is 0 Å². The second-order valence-electron chi connectivity index (χ2n) is 5.94. The van der Waals surface area contributed by atoms with E-state index in [9.17, 15) is 0 Å². The minimum Gasteiger partial charge on any atom is -0.310 e. The average Bonchev–Trinajstić information content (AvgIpc) is 2.39. The van der Waals surface area contributed by atoms with E-state index in [1.165, 1.54) is 32.1 Å². The van der Waals surface area contributed by atoms with E-state index in [4.69, 9.17) is 23.2 Å². The van der Waals surface area contributed by atoms with Gasteiger partial charge in [0.25, 0.3) is 0 Å². The number of benzene rings is 1. The van der Waals surface area contributed by atoms with Gasteiger partial charge in [-0.05, 0) is 49.6 Å². The van der Waals surface area contributed by atoms with Crippen LogP contribution in [0.4, 0.5) is 0 Å². The van der Waals surface area contributed by atoms with Gasteiger partial charge in [0.1, 0.15) is 0 Å². The average molecular weight is 316 g/mol. The highest BCUT2D eigenvalue weighted by Gasteiger charge is 2.09. The Kier molecular flexibility index (Phi) is 8.60. The van der Waals surface area contributed by atoms with Gasteiger partial charge in [0.15, 0.2) is 0 Å². The Morgan fingerprint density at radius 3 is 2.40 bits per heavy atom. The van der Waals surface area contributed by atoms with Crippen LogP contribution in [0.3, 0.4) is 0 Å². The molecule has 0 spiro atoms. The highest BCUT2D eigenvalue weighted by Crippen LogP contribution is 2.26. The molecule has 1 atom stereocenters. The van der Waals surface area contributed by atoms with Gasteiger partial charge in [-0.15, -0.1) is 0 Å². The smallest absolute Gasteiger partial charge is 0.0454 e. The summed E-state index contributed by atoms with van der Waals surface area (Å²) in [5.41, 5.74) is 1.08. The quantitative estimate of drug-likeness (QED) is 0.531. The molecule has 0 aromatic heterocycles. The molecule has 114 valence electrons. The predicted octanol–water partition coefficient (Wildman–Crippen LogP) is 6.25. The Bertz CT molecular complexity index is 391. The minimum atomic E-state index is 0.247. The molecule has 1 nitrogen and oxygen atoms in total.